The van der Waals surface area contributed by atoms with Crippen LogP contribution in [0.1, 0.15) is 37.0 Å². The summed E-state index contributed by atoms with van der Waals surface area (Å²) in [6.45, 7) is 5.11. The second-order valence-corrected chi connectivity index (χ2v) is 3.98. The molecule has 0 spiro atoms. The molecule has 1 rings (SSSR count). The number of rotatable bonds is 7. The first-order valence-corrected chi connectivity index (χ1v) is 6.15. The molecule has 17 heavy (non-hydrogen) atoms. The van der Waals surface area contributed by atoms with Gasteiger partial charge in [0.05, 0.1) is 18.2 Å². The summed E-state index contributed by atoms with van der Waals surface area (Å²) in [4.78, 5) is 10.8. The normalized spacial score (nSPS) is 10.1. The van der Waals surface area contributed by atoms with E-state index in [0.29, 0.717) is 41.6 Å². The zero-order valence-electron chi connectivity index (χ0n) is 10.2. The average Bonchev–Trinajstić information content (AvgIpc) is 2.32. The number of ether oxygens (including phenoxy) is 2. The van der Waals surface area contributed by atoms with Crippen LogP contribution in [0.3, 0.4) is 0 Å². The van der Waals surface area contributed by atoms with Crippen LogP contribution >= 0.6 is 11.6 Å². The van der Waals surface area contributed by atoms with E-state index in [1.165, 1.54) is 0 Å². The topological polar surface area (TPSA) is 35.5 Å². The molecule has 94 valence electrons. The molecule has 1 aromatic rings. The first-order chi connectivity index (χ1) is 8.22. The first-order valence-electron chi connectivity index (χ1n) is 5.77. The standard InChI is InChI=1S/C13H17ClO3/c1-3-5-6-17-13-8-11(14)10(9-15)7-12(13)16-4-2/h7-9H,3-6H2,1-2H3. The molecule has 3 nitrogen and oxygen atoms in total. The minimum absolute atomic E-state index is 0.384. The lowest BCUT2D eigenvalue weighted by molar-refractivity contribution is 0.112. The van der Waals surface area contributed by atoms with Gasteiger partial charge in [0.1, 0.15) is 0 Å². The summed E-state index contributed by atoms with van der Waals surface area (Å²) in [5.41, 5.74) is 0.415. The summed E-state index contributed by atoms with van der Waals surface area (Å²) in [7, 11) is 0. The summed E-state index contributed by atoms with van der Waals surface area (Å²) >= 11 is 5.95. The molecule has 0 atom stereocenters. The largest absolute Gasteiger partial charge is 0.490 e. The van der Waals surface area contributed by atoms with Gasteiger partial charge in [-0.2, -0.15) is 0 Å². The third kappa shape index (κ3) is 3.93. The van der Waals surface area contributed by atoms with Crippen molar-refractivity contribution < 1.29 is 14.3 Å². The number of halogens is 1. The summed E-state index contributed by atoms with van der Waals surface area (Å²) in [5, 5.41) is 0.384. The molecular formula is C13H17ClO3. The Bertz CT molecular complexity index is 377. The Labute approximate surface area is 107 Å². The molecule has 0 unspecified atom stereocenters. The van der Waals surface area contributed by atoms with Gasteiger partial charge in [-0.3, -0.25) is 4.79 Å². The molecule has 0 amide bonds. The van der Waals surface area contributed by atoms with Gasteiger partial charge in [0, 0.05) is 11.6 Å². The Morgan fingerprint density at radius 1 is 1.24 bits per heavy atom. The Morgan fingerprint density at radius 3 is 2.53 bits per heavy atom. The van der Waals surface area contributed by atoms with E-state index in [1.54, 1.807) is 12.1 Å². The number of benzene rings is 1. The summed E-state index contributed by atoms with van der Waals surface area (Å²) in [6, 6.07) is 3.24. The molecule has 4 heteroatoms. The quantitative estimate of drug-likeness (QED) is 0.551. The zero-order chi connectivity index (χ0) is 12.7. The molecule has 0 aliphatic heterocycles. The van der Waals surface area contributed by atoms with Gasteiger partial charge in [-0.15, -0.1) is 0 Å². The molecular weight excluding hydrogens is 240 g/mol. The minimum atomic E-state index is 0.384. The number of carbonyl (C=O) groups excluding carboxylic acids is 1. The molecule has 0 aromatic heterocycles. The highest BCUT2D eigenvalue weighted by Gasteiger charge is 2.10. The van der Waals surface area contributed by atoms with E-state index in [2.05, 4.69) is 6.92 Å². The van der Waals surface area contributed by atoms with Crippen molar-refractivity contribution >= 4 is 17.9 Å². The van der Waals surface area contributed by atoms with Crippen molar-refractivity contribution in [2.45, 2.75) is 26.7 Å². The number of unbranched alkanes of at least 4 members (excludes halogenated alkanes) is 1. The zero-order valence-corrected chi connectivity index (χ0v) is 10.9. The Hall–Kier alpha value is -1.22. The van der Waals surface area contributed by atoms with Gasteiger partial charge in [0.25, 0.3) is 0 Å². The van der Waals surface area contributed by atoms with Crippen molar-refractivity contribution in [2.24, 2.45) is 0 Å². The van der Waals surface area contributed by atoms with Crippen LogP contribution in [-0.2, 0) is 0 Å². The number of aldehydes is 1. The average molecular weight is 257 g/mol. The fourth-order valence-electron chi connectivity index (χ4n) is 1.35. The van der Waals surface area contributed by atoms with Crippen LogP contribution in [0.15, 0.2) is 12.1 Å². The van der Waals surface area contributed by atoms with Crippen LogP contribution in [0.25, 0.3) is 0 Å². The monoisotopic (exact) mass is 256 g/mol. The summed E-state index contributed by atoms with van der Waals surface area (Å²) in [6.07, 6.45) is 2.74. The third-order valence-corrected chi connectivity index (χ3v) is 2.57. The van der Waals surface area contributed by atoms with Gasteiger partial charge in [0.15, 0.2) is 17.8 Å². The van der Waals surface area contributed by atoms with E-state index in [4.69, 9.17) is 21.1 Å². The summed E-state index contributed by atoms with van der Waals surface area (Å²) in [5.74, 6) is 1.16. The Balaban J connectivity index is 2.91. The number of hydrogen-bond acceptors (Lipinski definition) is 3. The molecule has 1 aromatic carbocycles. The fourth-order valence-corrected chi connectivity index (χ4v) is 1.55. The van der Waals surface area contributed by atoms with E-state index in [0.717, 1.165) is 12.8 Å². The predicted octanol–water partition coefficient (Wildman–Crippen LogP) is 3.73. The molecule has 0 saturated heterocycles. The molecule has 0 N–H and O–H groups in total. The highest BCUT2D eigenvalue weighted by molar-refractivity contribution is 6.33. The van der Waals surface area contributed by atoms with Crippen LogP contribution < -0.4 is 9.47 Å². The van der Waals surface area contributed by atoms with E-state index < -0.39 is 0 Å². The van der Waals surface area contributed by atoms with Crippen LogP contribution in [0.5, 0.6) is 11.5 Å². The maximum atomic E-state index is 10.8. The lowest BCUT2D eigenvalue weighted by atomic mass is 10.2. The van der Waals surface area contributed by atoms with Crippen molar-refractivity contribution in [1.29, 1.82) is 0 Å². The van der Waals surface area contributed by atoms with Crippen molar-refractivity contribution in [2.75, 3.05) is 13.2 Å². The van der Waals surface area contributed by atoms with Gasteiger partial charge in [-0.1, -0.05) is 24.9 Å². The molecule has 0 radical (unpaired) electrons. The van der Waals surface area contributed by atoms with Gasteiger partial charge >= 0.3 is 0 Å². The summed E-state index contributed by atoms with van der Waals surface area (Å²) < 4.78 is 11.0. The minimum Gasteiger partial charge on any atom is -0.490 e. The molecule has 0 fully saturated rings. The highest BCUT2D eigenvalue weighted by Crippen LogP contribution is 2.33. The fraction of sp³-hybridized carbons (Fsp3) is 0.462. The Kier molecular flexibility index (Phi) is 5.84. The highest BCUT2D eigenvalue weighted by atomic mass is 35.5. The third-order valence-electron chi connectivity index (χ3n) is 2.25. The first kappa shape index (κ1) is 13.8. The van der Waals surface area contributed by atoms with Crippen molar-refractivity contribution in [1.82, 2.24) is 0 Å². The van der Waals surface area contributed by atoms with Crippen LogP contribution in [0.2, 0.25) is 5.02 Å². The van der Waals surface area contributed by atoms with Crippen molar-refractivity contribution in [3.05, 3.63) is 22.7 Å². The smallest absolute Gasteiger partial charge is 0.162 e. The van der Waals surface area contributed by atoms with Gasteiger partial charge in [-0.05, 0) is 19.4 Å². The predicted molar refractivity (Wildman–Crippen MR) is 68.4 cm³/mol. The van der Waals surface area contributed by atoms with E-state index >= 15 is 0 Å². The van der Waals surface area contributed by atoms with Crippen LogP contribution in [0.4, 0.5) is 0 Å². The maximum absolute atomic E-state index is 10.8. The van der Waals surface area contributed by atoms with Crippen LogP contribution in [-0.4, -0.2) is 19.5 Å². The molecule has 0 bridgehead atoms. The second kappa shape index (κ2) is 7.17. The molecule has 0 saturated carbocycles. The number of carbonyl (C=O) groups is 1. The van der Waals surface area contributed by atoms with E-state index in [1.807, 2.05) is 6.92 Å². The molecule has 0 aliphatic rings. The number of hydrogen-bond donors (Lipinski definition) is 0. The van der Waals surface area contributed by atoms with Crippen molar-refractivity contribution in [3.8, 4) is 11.5 Å². The van der Waals surface area contributed by atoms with Crippen LogP contribution in [0, 0.1) is 0 Å². The lowest BCUT2D eigenvalue weighted by Gasteiger charge is -2.13. The van der Waals surface area contributed by atoms with Gasteiger partial charge in [-0.25, -0.2) is 0 Å². The second-order valence-electron chi connectivity index (χ2n) is 3.57. The van der Waals surface area contributed by atoms with Gasteiger partial charge < -0.3 is 9.47 Å². The maximum Gasteiger partial charge on any atom is 0.162 e. The van der Waals surface area contributed by atoms with Gasteiger partial charge in [0.2, 0.25) is 0 Å². The molecule has 0 aliphatic carbocycles. The lowest BCUT2D eigenvalue weighted by Crippen LogP contribution is -2.01. The van der Waals surface area contributed by atoms with Crippen molar-refractivity contribution in [3.63, 3.8) is 0 Å². The van der Waals surface area contributed by atoms with E-state index in [9.17, 15) is 4.79 Å². The Morgan fingerprint density at radius 2 is 1.94 bits per heavy atom. The molecule has 0 heterocycles. The SMILES string of the molecule is CCCCOc1cc(Cl)c(C=O)cc1OCC. The van der Waals surface area contributed by atoms with E-state index in [-0.39, 0.29) is 0 Å².